The summed E-state index contributed by atoms with van der Waals surface area (Å²) in [6.45, 7) is 0. The van der Waals surface area contributed by atoms with Gasteiger partial charge in [0.25, 0.3) is 0 Å². The van der Waals surface area contributed by atoms with Gasteiger partial charge in [-0.15, -0.1) is 0 Å². The summed E-state index contributed by atoms with van der Waals surface area (Å²) < 4.78 is 5.50. The molecule has 0 radical (unpaired) electrons. The molecule has 1 aliphatic rings. The molecule has 0 aromatic heterocycles. The summed E-state index contributed by atoms with van der Waals surface area (Å²) in [5, 5.41) is 2.47. The van der Waals surface area contributed by atoms with Crippen molar-refractivity contribution in [2.75, 3.05) is 7.11 Å². The average Bonchev–Trinajstić information content (AvgIpc) is 2.34. The maximum Gasteiger partial charge on any atom is 0.124 e. The summed E-state index contributed by atoms with van der Waals surface area (Å²) in [5.74, 6) is 0.922. The molecule has 3 rings (SSSR count). The topological polar surface area (TPSA) is 35.2 Å². The van der Waals surface area contributed by atoms with Crippen molar-refractivity contribution in [1.82, 2.24) is 0 Å². The number of benzene rings is 2. The van der Waals surface area contributed by atoms with Crippen molar-refractivity contribution < 1.29 is 4.74 Å². The van der Waals surface area contributed by atoms with Gasteiger partial charge in [-0.25, -0.2) is 0 Å². The van der Waals surface area contributed by atoms with E-state index in [0.717, 1.165) is 18.6 Å². The Labute approximate surface area is 101 Å². The second kappa shape index (κ2) is 3.74. The van der Waals surface area contributed by atoms with Crippen LogP contribution in [0.25, 0.3) is 10.8 Å². The summed E-state index contributed by atoms with van der Waals surface area (Å²) in [6.07, 6.45) is 3.32. The Morgan fingerprint density at radius 1 is 1.12 bits per heavy atom. The van der Waals surface area contributed by atoms with Crippen LogP contribution < -0.4 is 10.5 Å². The number of methoxy groups -OCH3 is 1. The van der Waals surface area contributed by atoms with E-state index in [4.69, 9.17) is 10.5 Å². The van der Waals surface area contributed by atoms with Gasteiger partial charge in [0.2, 0.25) is 0 Å². The minimum absolute atomic E-state index is 0.188. The highest BCUT2D eigenvalue weighted by Gasteiger charge is 2.37. The van der Waals surface area contributed by atoms with Gasteiger partial charge in [0, 0.05) is 11.1 Å². The highest BCUT2D eigenvalue weighted by atomic mass is 16.5. The number of nitrogens with two attached hydrogens (primary N) is 1. The first-order valence-corrected chi connectivity index (χ1v) is 6.10. The molecule has 1 saturated carbocycles. The third-order valence-electron chi connectivity index (χ3n) is 3.85. The molecule has 0 amide bonds. The Balaban J connectivity index is 2.31. The number of hydrogen-bond acceptors (Lipinski definition) is 2. The van der Waals surface area contributed by atoms with Crippen molar-refractivity contribution in [2.45, 2.75) is 24.8 Å². The number of ether oxygens (including phenoxy) is 1. The second-order valence-corrected chi connectivity index (χ2v) is 4.87. The zero-order valence-electron chi connectivity index (χ0n) is 10.1. The van der Waals surface area contributed by atoms with Crippen molar-refractivity contribution in [3.63, 3.8) is 0 Å². The first kappa shape index (κ1) is 10.6. The standard InChI is InChI=1S/C15H17NO/c1-17-13-8-7-11-5-2-3-6-12(11)14(13)15(16)9-4-10-15/h2-3,5-8H,4,9-10,16H2,1H3. The van der Waals surface area contributed by atoms with Crippen LogP contribution in [0.3, 0.4) is 0 Å². The molecule has 1 fully saturated rings. The molecule has 0 heterocycles. The number of rotatable bonds is 2. The van der Waals surface area contributed by atoms with Crippen molar-refractivity contribution in [3.05, 3.63) is 42.0 Å². The molecular formula is C15H17NO. The predicted octanol–water partition coefficient (Wildman–Crippen LogP) is 3.19. The molecule has 2 aromatic carbocycles. The van der Waals surface area contributed by atoms with Gasteiger partial charge in [-0.1, -0.05) is 30.3 Å². The Bertz CT molecular complexity index is 558. The van der Waals surface area contributed by atoms with Crippen LogP contribution in [-0.2, 0) is 5.54 Å². The van der Waals surface area contributed by atoms with Gasteiger partial charge in [0.15, 0.2) is 0 Å². The van der Waals surface area contributed by atoms with E-state index in [1.165, 1.54) is 22.8 Å². The Kier molecular flexibility index (Phi) is 2.33. The molecule has 88 valence electrons. The van der Waals surface area contributed by atoms with Gasteiger partial charge in [-0.05, 0) is 36.1 Å². The van der Waals surface area contributed by atoms with Gasteiger partial charge in [0.1, 0.15) is 5.75 Å². The van der Waals surface area contributed by atoms with E-state index in [1.54, 1.807) is 7.11 Å². The van der Waals surface area contributed by atoms with E-state index in [1.807, 2.05) is 6.07 Å². The molecule has 0 unspecified atom stereocenters. The van der Waals surface area contributed by atoms with Crippen LogP contribution >= 0.6 is 0 Å². The zero-order chi connectivity index (χ0) is 11.9. The van der Waals surface area contributed by atoms with Crippen LogP contribution in [0, 0.1) is 0 Å². The van der Waals surface area contributed by atoms with Gasteiger partial charge in [0.05, 0.1) is 7.11 Å². The predicted molar refractivity (Wildman–Crippen MR) is 70.2 cm³/mol. The fraction of sp³-hybridized carbons (Fsp3) is 0.333. The highest BCUT2D eigenvalue weighted by molar-refractivity contribution is 5.89. The summed E-state index contributed by atoms with van der Waals surface area (Å²) >= 11 is 0. The quantitative estimate of drug-likeness (QED) is 0.855. The lowest BCUT2D eigenvalue weighted by Gasteiger charge is -2.40. The van der Waals surface area contributed by atoms with E-state index in [2.05, 4.69) is 30.3 Å². The Hall–Kier alpha value is -1.54. The lowest BCUT2D eigenvalue weighted by atomic mass is 9.71. The van der Waals surface area contributed by atoms with Crippen LogP contribution in [0.4, 0.5) is 0 Å². The number of hydrogen-bond donors (Lipinski definition) is 1. The first-order valence-electron chi connectivity index (χ1n) is 6.10. The minimum atomic E-state index is -0.188. The van der Waals surface area contributed by atoms with Crippen molar-refractivity contribution in [2.24, 2.45) is 5.73 Å². The average molecular weight is 227 g/mol. The van der Waals surface area contributed by atoms with E-state index < -0.39 is 0 Å². The molecule has 0 aliphatic heterocycles. The van der Waals surface area contributed by atoms with E-state index in [0.29, 0.717) is 0 Å². The third kappa shape index (κ3) is 1.52. The Morgan fingerprint density at radius 3 is 2.53 bits per heavy atom. The normalized spacial score (nSPS) is 17.8. The fourth-order valence-electron chi connectivity index (χ4n) is 2.74. The molecule has 2 nitrogen and oxygen atoms in total. The number of fused-ring (bicyclic) bond motifs is 1. The maximum absolute atomic E-state index is 6.49. The molecule has 0 saturated heterocycles. The summed E-state index contributed by atoms with van der Waals surface area (Å²) in [5.41, 5.74) is 7.48. The van der Waals surface area contributed by atoms with E-state index in [9.17, 15) is 0 Å². The Morgan fingerprint density at radius 2 is 1.88 bits per heavy atom. The highest BCUT2D eigenvalue weighted by Crippen LogP contribution is 2.45. The molecular weight excluding hydrogens is 210 g/mol. The molecule has 0 atom stereocenters. The fourth-order valence-corrected chi connectivity index (χ4v) is 2.74. The van der Waals surface area contributed by atoms with Crippen LogP contribution in [0.15, 0.2) is 36.4 Å². The minimum Gasteiger partial charge on any atom is -0.496 e. The van der Waals surface area contributed by atoms with Crippen LogP contribution in [0.1, 0.15) is 24.8 Å². The van der Waals surface area contributed by atoms with Gasteiger partial charge in [-0.3, -0.25) is 0 Å². The molecule has 0 bridgehead atoms. The van der Waals surface area contributed by atoms with Crippen molar-refractivity contribution >= 4 is 10.8 Å². The van der Waals surface area contributed by atoms with Crippen LogP contribution in [0.5, 0.6) is 5.75 Å². The van der Waals surface area contributed by atoms with Gasteiger partial charge >= 0.3 is 0 Å². The third-order valence-corrected chi connectivity index (χ3v) is 3.85. The molecule has 0 spiro atoms. The lowest BCUT2D eigenvalue weighted by Crippen LogP contribution is -2.43. The van der Waals surface area contributed by atoms with E-state index >= 15 is 0 Å². The van der Waals surface area contributed by atoms with Crippen LogP contribution in [0.2, 0.25) is 0 Å². The molecule has 2 N–H and O–H groups in total. The molecule has 2 aromatic rings. The van der Waals surface area contributed by atoms with Crippen molar-refractivity contribution in [3.8, 4) is 5.75 Å². The van der Waals surface area contributed by atoms with Crippen molar-refractivity contribution in [1.29, 1.82) is 0 Å². The van der Waals surface area contributed by atoms with Gasteiger partial charge < -0.3 is 10.5 Å². The molecule has 2 heteroatoms. The SMILES string of the molecule is COc1ccc2ccccc2c1C1(N)CCC1. The van der Waals surface area contributed by atoms with Crippen LogP contribution in [-0.4, -0.2) is 7.11 Å². The van der Waals surface area contributed by atoms with E-state index in [-0.39, 0.29) is 5.54 Å². The summed E-state index contributed by atoms with van der Waals surface area (Å²) in [6, 6.07) is 12.5. The molecule has 17 heavy (non-hydrogen) atoms. The summed E-state index contributed by atoms with van der Waals surface area (Å²) in [7, 11) is 1.72. The first-order chi connectivity index (χ1) is 8.24. The smallest absolute Gasteiger partial charge is 0.124 e. The van der Waals surface area contributed by atoms with Gasteiger partial charge in [-0.2, -0.15) is 0 Å². The monoisotopic (exact) mass is 227 g/mol. The largest absolute Gasteiger partial charge is 0.496 e. The summed E-state index contributed by atoms with van der Waals surface area (Å²) in [4.78, 5) is 0. The molecule has 1 aliphatic carbocycles. The zero-order valence-corrected chi connectivity index (χ0v) is 10.1. The second-order valence-electron chi connectivity index (χ2n) is 4.87. The lowest BCUT2D eigenvalue weighted by molar-refractivity contribution is 0.246. The maximum atomic E-state index is 6.49.